The fourth-order valence-corrected chi connectivity index (χ4v) is 0.997. The molecule has 0 aliphatic rings. The number of nitrogens with two attached hydrogens (primary N) is 1. The first kappa shape index (κ1) is 9.03. The van der Waals surface area contributed by atoms with Gasteiger partial charge in [-0.1, -0.05) is 12.1 Å². The van der Waals surface area contributed by atoms with Crippen LogP contribution in [0.25, 0.3) is 0 Å². The maximum atomic E-state index is 9.00. The molecule has 1 rings (SSSR count). The van der Waals surface area contributed by atoms with E-state index in [4.69, 9.17) is 15.6 Å². The average Bonchev–Trinajstić information content (AvgIpc) is 2.06. The zero-order chi connectivity index (χ0) is 8.97. The van der Waals surface area contributed by atoms with Gasteiger partial charge in [0.25, 0.3) is 0 Å². The second-order valence-corrected chi connectivity index (χ2v) is 2.65. The van der Waals surface area contributed by atoms with E-state index in [1.165, 1.54) is 0 Å². The predicted molar refractivity (Wildman–Crippen MR) is 46.9 cm³/mol. The van der Waals surface area contributed by atoms with E-state index in [0.29, 0.717) is 6.61 Å². The smallest absolute Gasteiger partial charge is 0.115 e. The van der Waals surface area contributed by atoms with Crippen LogP contribution in [-0.4, -0.2) is 18.8 Å². The van der Waals surface area contributed by atoms with Crippen molar-refractivity contribution >= 4 is 0 Å². The summed E-state index contributed by atoms with van der Waals surface area (Å²) >= 11 is 0. The monoisotopic (exact) mass is 167 g/mol. The summed E-state index contributed by atoms with van der Waals surface area (Å²) < 4.78 is 4.90. The molecule has 0 saturated heterocycles. The van der Waals surface area contributed by atoms with Crippen LogP contribution in [-0.2, 0) is 4.74 Å². The Morgan fingerprint density at radius 1 is 1.42 bits per heavy atom. The summed E-state index contributed by atoms with van der Waals surface area (Å²) in [6.45, 7) is 0.491. The van der Waals surface area contributed by atoms with Gasteiger partial charge in [0.2, 0.25) is 0 Å². The average molecular weight is 167 g/mol. The highest BCUT2D eigenvalue weighted by molar-refractivity contribution is 5.27. The Bertz CT molecular complexity index is 233. The molecule has 3 N–H and O–H groups in total. The van der Waals surface area contributed by atoms with Gasteiger partial charge in [-0.25, -0.2) is 0 Å². The number of hydrogen-bond donors (Lipinski definition) is 2. The van der Waals surface area contributed by atoms with Gasteiger partial charge in [0.1, 0.15) is 5.75 Å². The number of aromatic hydroxyl groups is 1. The number of benzene rings is 1. The van der Waals surface area contributed by atoms with Crippen molar-refractivity contribution in [3.63, 3.8) is 0 Å². The van der Waals surface area contributed by atoms with Crippen molar-refractivity contribution < 1.29 is 9.84 Å². The lowest BCUT2D eigenvalue weighted by Crippen LogP contribution is -2.15. The van der Waals surface area contributed by atoms with Gasteiger partial charge in [-0.3, -0.25) is 0 Å². The van der Waals surface area contributed by atoms with E-state index in [-0.39, 0.29) is 11.8 Å². The molecule has 0 amide bonds. The van der Waals surface area contributed by atoms with E-state index in [2.05, 4.69) is 0 Å². The summed E-state index contributed by atoms with van der Waals surface area (Å²) in [5.74, 6) is 0.253. The lowest BCUT2D eigenvalue weighted by atomic mass is 10.1. The summed E-state index contributed by atoms with van der Waals surface area (Å²) in [6.07, 6.45) is 0. The van der Waals surface area contributed by atoms with Crippen molar-refractivity contribution in [2.75, 3.05) is 13.7 Å². The molecule has 0 bridgehead atoms. The second-order valence-electron chi connectivity index (χ2n) is 2.65. The normalized spacial score (nSPS) is 12.8. The van der Waals surface area contributed by atoms with Crippen LogP contribution in [0.1, 0.15) is 11.6 Å². The van der Waals surface area contributed by atoms with Gasteiger partial charge in [0, 0.05) is 7.11 Å². The molecule has 0 aliphatic heterocycles. The molecule has 0 spiro atoms. The van der Waals surface area contributed by atoms with Crippen molar-refractivity contribution in [1.29, 1.82) is 0 Å². The molecule has 1 aromatic rings. The number of hydrogen-bond acceptors (Lipinski definition) is 3. The minimum absolute atomic E-state index is 0.115. The van der Waals surface area contributed by atoms with Crippen LogP contribution in [0.5, 0.6) is 5.75 Å². The lowest BCUT2D eigenvalue weighted by molar-refractivity contribution is 0.181. The van der Waals surface area contributed by atoms with E-state index < -0.39 is 0 Å². The van der Waals surface area contributed by atoms with Crippen molar-refractivity contribution in [2.24, 2.45) is 5.73 Å². The Balaban J connectivity index is 2.68. The van der Waals surface area contributed by atoms with Gasteiger partial charge < -0.3 is 15.6 Å². The van der Waals surface area contributed by atoms with Crippen LogP contribution >= 0.6 is 0 Å². The largest absolute Gasteiger partial charge is 0.508 e. The number of methoxy groups -OCH3 is 1. The molecule has 0 aromatic heterocycles. The third-order valence-electron chi connectivity index (χ3n) is 1.67. The zero-order valence-corrected chi connectivity index (χ0v) is 7.03. The summed E-state index contributed by atoms with van der Waals surface area (Å²) in [4.78, 5) is 0. The maximum Gasteiger partial charge on any atom is 0.115 e. The molecule has 3 heteroatoms. The van der Waals surface area contributed by atoms with E-state index in [0.717, 1.165) is 5.56 Å². The number of phenols is 1. The quantitative estimate of drug-likeness (QED) is 0.707. The highest BCUT2D eigenvalue weighted by Gasteiger charge is 2.03. The molecule has 0 unspecified atom stereocenters. The topological polar surface area (TPSA) is 55.5 Å². The zero-order valence-electron chi connectivity index (χ0n) is 7.03. The third kappa shape index (κ3) is 2.22. The lowest BCUT2D eigenvalue weighted by Gasteiger charge is -2.09. The fraction of sp³-hybridized carbons (Fsp3) is 0.333. The van der Waals surface area contributed by atoms with Crippen molar-refractivity contribution in [3.8, 4) is 5.75 Å². The summed E-state index contributed by atoms with van der Waals surface area (Å²) in [5, 5.41) is 9.00. The van der Waals surface area contributed by atoms with Crippen LogP contribution < -0.4 is 5.73 Å². The third-order valence-corrected chi connectivity index (χ3v) is 1.67. The Kier molecular flexibility index (Phi) is 3.08. The van der Waals surface area contributed by atoms with E-state index in [1.54, 1.807) is 31.4 Å². The Labute approximate surface area is 71.8 Å². The minimum Gasteiger partial charge on any atom is -0.508 e. The number of ether oxygens (including phenoxy) is 1. The molecule has 0 fully saturated rings. The van der Waals surface area contributed by atoms with Gasteiger partial charge in [-0.05, 0) is 17.7 Å². The fourth-order valence-electron chi connectivity index (χ4n) is 0.997. The highest BCUT2D eigenvalue weighted by Crippen LogP contribution is 2.14. The van der Waals surface area contributed by atoms with E-state index in [9.17, 15) is 0 Å². The SMILES string of the molecule is COC[C@H](N)c1ccc(O)cc1. The molecule has 1 atom stereocenters. The summed E-state index contributed by atoms with van der Waals surface area (Å²) in [6, 6.07) is 6.70. The molecule has 1 aromatic carbocycles. The first-order chi connectivity index (χ1) is 5.74. The Hall–Kier alpha value is -1.06. The van der Waals surface area contributed by atoms with E-state index in [1.807, 2.05) is 0 Å². The molecule has 0 heterocycles. The summed E-state index contributed by atoms with van der Waals surface area (Å²) in [7, 11) is 1.61. The number of phenolic OH excluding ortho intramolecular Hbond substituents is 1. The van der Waals surface area contributed by atoms with Crippen molar-refractivity contribution in [2.45, 2.75) is 6.04 Å². The van der Waals surface area contributed by atoms with Crippen molar-refractivity contribution in [3.05, 3.63) is 29.8 Å². The van der Waals surface area contributed by atoms with E-state index >= 15 is 0 Å². The standard InChI is InChI=1S/C9H13NO2/c1-12-6-9(10)7-2-4-8(11)5-3-7/h2-5,9,11H,6,10H2,1H3/t9-/m0/s1. The van der Waals surface area contributed by atoms with Crippen LogP contribution in [0.15, 0.2) is 24.3 Å². The molecule has 0 saturated carbocycles. The highest BCUT2D eigenvalue weighted by atomic mass is 16.5. The van der Waals surface area contributed by atoms with Crippen LogP contribution in [0.3, 0.4) is 0 Å². The summed E-state index contributed by atoms with van der Waals surface area (Å²) in [5.41, 5.74) is 6.72. The van der Waals surface area contributed by atoms with Gasteiger partial charge in [0.05, 0.1) is 12.6 Å². The molecule has 66 valence electrons. The first-order valence-corrected chi connectivity index (χ1v) is 3.77. The molecule has 0 radical (unpaired) electrons. The second kappa shape index (κ2) is 4.09. The molecular formula is C9H13NO2. The van der Waals surface area contributed by atoms with Crippen LogP contribution in [0.2, 0.25) is 0 Å². The van der Waals surface area contributed by atoms with Gasteiger partial charge in [0.15, 0.2) is 0 Å². The van der Waals surface area contributed by atoms with Gasteiger partial charge in [-0.15, -0.1) is 0 Å². The van der Waals surface area contributed by atoms with Crippen LogP contribution in [0.4, 0.5) is 0 Å². The van der Waals surface area contributed by atoms with Gasteiger partial charge >= 0.3 is 0 Å². The Morgan fingerprint density at radius 2 is 2.00 bits per heavy atom. The molecular weight excluding hydrogens is 154 g/mol. The maximum absolute atomic E-state index is 9.00. The number of rotatable bonds is 3. The van der Waals surface area contributed by atoms with Gasteiger partial charge in [-0.2, -0.15) is 0 Å². The van der Waals surface area contributed by atoms with Crippen molar-refractivity contribution in [1.82, 2.24) is 0 Å². The Morgan fingerprint density at radius 3 is 2.50 bits per heavy atom. The molecule has 3 nitrogen and oxygen atoms in total. The minimum atomic E-state index is -0.115. The predicted octanol–water partition coefficient (Wildman–Crippen LogP) is 1.04. The first-order valence-electron chi connectivity index (χ1n) is 3.77. The molecule has 0 aliphatic carbocycles. The van der Waals surface area contributed by atoms with Crippen LogP contribution in [0, 0.1) is 0 Å². The molecule has 12 heavy (non-hydrogen) atoms.